The van der Waals surface area contributed by atoms with E-state index in [1.165, 1.54) is 37.6 Å². The van der Waals surface area contributed by atoms with Crippen LogP contribution in [-0.2, 0) is 0 Å². The topological polar surface area (TPSA) is 29.5 Å². The molecule has 1 fully saturated rings. The van der Waals surface area contributed by atoms with Gasteiger partial charge in [0, 0.05) is 0 Å². The highest BCUT2D eigenvalue weighted by molar-refractivity contribution is 5.37. The summed E-state index contributed by atoms with van der Waals surface area (Å²) in [4.78, 5) is 0. The molecule has 1 aliphatic rings. The molecule has 0 amide bonds. The van der Waals surface area contributed by atoms with Crippen LogP contribution in [0.5, 0.6) is 5.75 Å². The van der Waals surface area contributed by atoms with Crippen molar-refractivity contribution in [2.45, 2.75) is 24.9 Å². The summed E-state index contributed by atoms with van der Waals surface area (Å²) in [5, 5.41) is 10.3. The van der Waals surface area contributed by atoms with E-state index >= 15 is 0 Å². The van der Waals surface area contributed by atoms with E-state index in [1.54, 1.807) is 6.07 Å². The second-order valence-corrected chi connectivity index (χ2v) is 5.24. The molecule has 104 valence electrons. The number of rotatable bonds is 4. The Balaban J connectivity index is 1.83. The van der Waals surface area contributed by atoms with Crippen LogP contribution in [0, 0.1) is 5.82 Å². The van der Waals surface area contributed by atoms with Gasteiger partial charge in [-0.2, -0.15) is 0 Å². The summed E-state index contributed by atoms with van der Waals surface area (Å²) in [6.45, 7) is 0. The number of aliphatic hydroxyl groups is 1. The molecule has 2 aromatic rings. The Morgan fingerprint density at radius 3 is 2.30 bits per heavy atom. The third-order valence-corrected chi connectivity index (χ3v) is 3.79. The van der Waals surface area contributed by atoms with Crippen LogP contribution in [0.2, 0.25) is 0 Å². The van der Waals surface area contributed by atoms with Gasteiger partial charge in [0.2, 0.25) is 0 Å². The van der Waals surface area contributed by atoms with E-state index in [4.69, 9.17) is 4.74 Å². The van der Waals surface area contributed by atoms with Crippen LogP contribution in [0.15, 0.2) is 42.5 Å². The molecule has 1 atom stereocenters. The molecule has 2 aromatic carbocycles. The first-order chi connectivity index (χ1) is 9.69. The molecule has 3 rings (SSSR count). The third kappa shape index (κ3) is 2.54. The van der Waals surface area contributed by atoms with Crippen molar-refractivity contribution in [3.63, 3.8) is 0 Å². The highest BCUT2D eigenvalue weighted by Gasteiger charge is 2.23. The molecule has 1 unspecified atom stereocenters. The van der Waals surface area contributed by atoms with Crippen molar-refractivity contribution >= 4 is 0 Å². The second kappa shape index (κ2) is 5.25. The number of hydrogen-bond acceptors (Lipinski definition) is 2. The molecular weight excluding hydrogens is 255 g/mol. The average Bonchev–Trinajstić information content (AvgIpc) is 3.31. The first-order valence-corrected chi connectivity index (χ1v) is 6.80. The summed E-state index contributed by atoms with van der Waals surface area (Å²) in [5.74, 6) is 0.420. The lowest BCUT2D eigenvalue weighted by molar-refractivity contribution is 0.219. The number of hydrogen-bond donors (Lipinski definition) is 1. The molecular formula is C17H17FO2. The fraction of sp³-hybridized carbons (Fsp3) is 0.294. The number of aliphatic hydroxyl groups excluding tert-OH is 1. The van der Waals surface area contributed by atoms with Gasteiger partial charge >= 0.3 is 0 Å². The summed E-state index contributed by atoms with van der Waals surface area (Å²) in [6.07, 6.45) is 1.70. The van der Waals surface area contributed by atoms with Crippen molar-refractivity contribution in [3.8, 4) is 5.75 Å². The van der Waals surface area contributed by atoms with Gasteiger partial charge in [-0.25, -0.2) is 4.39 Å². The summed E-state index contributed by atoms with van der Waals surface area (Å²) in [5.41, 5.74) is 2.63. The van der Waals surface area contributed by atoms with Gasteiger partial charge in [0.15, 0.2) is 11.6 Å². The van der Waals surface area contributed by atoms with Gasteiger partial charge in [0.05, 0.1) is 7.11 Å². The maximum absolute atomic E-state index is 13.7. The first-order valence-electron chi connectivity index (χ1n) is 6.80. The Kier molecular flexibility index (Phi) is 3.45. The SMILES string of the molecule is COc1ccc(C(O)c2ccc(C3CC3)cc2)cc1F. The second-order valence-electron chi connectivity index (χ2n) is 5.24. The lowest BCUT2D eigenvalue weighted by Crippen LogP contribution is -2.01. The molecule has 0 aromatic heterocycles. The molecule has 1 aliphatic carbocycles. The van der Waals surface area contributed by atoms with Gasteiger partial charge < -0.3 is 9.84 Å². The molecule has 3 heteroatoms. The minimum atomic E-state index is -0.816. The lowest BCUT2D eigenvalue weighted by Gasteiger charge is -2.13. The Morgan fingerprint density at radius 1 is 1.10 bits per heavy atom. The molecule has 0 radical (unpaired) electrons. The van der Waals surface area contributed by atoms with Crippen LogP contribution in [0.25, 0.3) is 0 Å². The van der Waals surface area contributed by atoms with Gasteiger partial charge in [-0.05, 0) is 47.6 Å². The monoisotopic (exact) mass is 272 g/mol. The third-order valence-electron chi connectivity index (χ3n) is 3.79. The summed E-state index contributed by atoms with van der Waals surface area (Å²) in [6, 6.07) is 12.5. The minimum Gasteiger partial charge on any atom is -0.494 e. The van der Waals surface area contributed by atoms with Crippen LogP contribution in [0.3, 0.4) is 0 Å². The molecule has 0 heterocycles. The fourth-order valence-corrected chi connectivity index (χ4v) is 2.41. The molecule has 1 saturated carbocycles. The van der Waals surface area contributed by atoms with Crippen LogP contribution >= 0.6 is 0 Å². The zero-order chi connectivity index (χ0) is 14.1. The van der Waals surface area contributed by atoms with Crippen molar-refractivity contribution in [1.29, 1.82) is 0 Å². The van der Waals surface area contributed by atoms with Crippen LogP contribution in [-0.4, -0.2) is 12.2 Å². The smallest absolute Gasteiger partial charge is 0.165 e. The predicted molar refractivity (Wildman–Crippen MR) is 75.4 cm³/mol. The van der Waals surface area contributed by atoms with E-state index in [0.717, 1.165) is 5.56 Å². The van der Waals surface area contributed by atoms with Gasteiger partial charge in [-0.3, -0.25) is 0 Å². The largest absolute Gasteiger partial charge is 0.494 e. The van der Waals surface area contributed by atoms with Gasteiger partial charge in [0.25, 0.3) is 0 Å². The van der Waals surface area contributed by atoms with Crippen LogP contribution < -0.4 is 4.74 Å². The lowest BCUT2D eigenvalue weighted by atomic mass is 9.99. The number of ether oxygens (including phenoxy) is 1. The van der Waals surface area contributed by atoms with Crippen molar-refractivity contribution < 1.29 is 14.2 Å². The standard InChI is InChI=1S/C17H17FO2/c1-20-16-9-8-14(10-15(16)18)17(19)13-6-4-12(5-7-13)11-2-3-11/h4-11,17,19H,2-3H2,1H3. The van der Waals surface area contributed by atoms with E-state index in [1.807, 2.05) is 12.1 Å². The Hall–Kier alpha value is -1.87. The Morgan fingerprint density at radius 2 is 1.75 bits per heavy atom. The zero-order valence-corrected chi connectivity index (χ0v) is 11.3. The van der Waals surface area contributed by atoms with E-state index in [0.29, 0.717) is 11.5 Å². The normalized spacial score (nSPS) is 15.9. The van der Waals surface area contributed by atoms with Gasteiger partial charge in [0.1, 0.15) is 6.10 Å². The minimum absolute atomic E-state index is 0.185. The Bertz CT molecular complexity index is 603. The summed E-state index contributed by atoms with van der Waals surface area (Å²) >= 11 is 0. The molecule has 0 bridgehead atoms. The van der Waals surface area contributed by atoms with Gasteiger partial charge in [-0.15, -0.1) is 0 Å². The first kappa shape index (κ1) is 13.1. The van der Waals surface area contributed by atoms with Gasteiger partial charge in [-0.1, -0.05) is 30.3 Å². The summed E-state index contributed by atoms with van der Waals surface area (Å²) in [7, 11) is 1.42. The fourth-order valence-electron chi connectivity index (χ4n) is 2.41. The van der Waals surface area contributed by atoms with Crippen LogP contribution in [0.4, 0.5) is 4.39 Å². The molecule has 20 heavy (non-hydrogen) atoms. The van der Waals surface area contributed by atoms with E-state index in [9.17, 15) is 9.50 Å². The molecule has 1 N–H and O–H groups in total. The summed E-state index contributed by atoms with van der Waals surface area (Å²) < 4.78 is 18.5. The quantitative estimate of drug-likeness (QED) is 0.917. The van der Waals surface area contributed by atoms with Crippen molar-refractivity contribution in [1.82, 2.24) is 0 Å². The maximum Gasteiger partial charge on any atom is 0.165 e. The van der Waals surface area contributed by atoms with E-state index < -0.39 is 11.9 Å². The van der Waals surface area contributed by atoms with Crippen molar-refractivity contribution in [2.75, 3.05) is 7.11 Å². The highest BCUT2D eigenvalue weighted by atomic mass is 19.1. The predicted octanol–water partition coefficient (Wildman–Crippen LogP) is 3.79. The number of benzene rings is 2. The van der Waals surface area contributed by atoms with E-state index in [2.05, 4.69) is 12.1 Å². The van der Waals surface area contributed by atoms with Crippen LogP contribution in [0.1, 0.15) is 41.6 Å². The molecule has 0 aliphatic heterocycles. The van der Waals surface area contributed by atoms with Crippen molar-refractivity contribution in [2.24, 2.45) is 0 Å². The average molecular weight is 272 g/mol. The highest BCUT2D eigenvalue weighted by Crippen LogP contribution is 2.40. The number of halogens is 1. The molecule has 2 nitrogen and oxygen atoms in total. The molecule has 0 saturated heterocycles. The maximum atomic E-state index is 13.7. The Labute approximate surface area is 117 Å². The van der Waals surface area contributed by atoms with E-state index in [-0.39, 0.29) is 5.75 Å². The zero-order valence-electron chi connectivity index (χ0n) is 11.3. The number of methoxy groups -OCH3 is 1. The molecule has 0 spiro atoms. The van der Waals surface area contributed by atoms with Crippen molar-refractivity contribution in [3.05, 3.63) is 65.0 Å².